The average molecular weight is 221 g/mol. The van der Waals surface area contributed by atoms with Crippen molar-refractivity contribution in [3.8, 4) is 0 Å². The Balaban J connectivity index is 1.47. The number of hydrogen-bond acceptors (Lipinski definition) is 2. The summed E-state index contributed by atoms with van der Waals surface area (Å²) in [6, 6.07) is 0. The maximum absolute atomic E-state index is 12.3. The summed E-state index contributed by atoms with van der Waals surface area (Å²) < 4.78 is 0. The Bertz CT molecular complexity index is 327. The molecule has 2 bridgehead atoms. The van der Waals surface area contributed by atoms with Crippen molar-refractivity contribution in [2.24, 2.45) is 29.6 Å². The zero-order valence-electron chi connectivity index (χ0n) is 9.51. The highest BCUT2D eigenvalue weighted by Crippen LogP contribution is 2.69. The summed E-state index contributed by atoms with van der Waals surface area (Å²) in [7, 11) is 0. The Morgan fingerprint density at radius 2 is 1.81 bits per heavy atom. The van der Waals surface area contributed by atoms with Crippen LogP contribution in [0.3, 0.4) is 0 Å². The molecule has 5 unspecified atom stereocenters. The van der Waals surface area contributed by atoms with E-state index < -0.39 is 0 Å². The molecular weight excluding hydrogens is 202 g/mol. The smallest absolute Gasteiger partial charge is 0.226 e. The highest BCUT2D eigenvalue weighted by Gasteiger charge is 2.68. The first-order chi connectivity index (χ1) is 7.75. The largest absolute Gasteiger partial charge is 0.391 e. The van der Waals surface area contributed by atoms with Crippen LogP contribution in [0.1, 0.15) is 25.7 Å². The summed E-state index contributed by atoms with van der Waals surface area (Å²) in [5, 5.41) is 9.48. The number of fused-ring (bicyclic) bond motifs is 5. The van der Waals surface area contributed by atoms with Crippen LogP contribution in [0.2, 0.25) is 0 Å². The summed E-state index contributed by atoms with van der Waals surface area (Å²) in [5.74, 6) is 3.95. The number of hydrogen-bond donors (Lipinski definition) is 1. The quantitative estimate of drug-likeness (QED) is 0.714. The Labute approximate surface area is 95.8 Å². The van der Waals surface area contributed by atoms with E-state index in [9.17, 15) is 9.90 Å². The van der Waals surface area contributed by atoms with Crippen molar-refractivity contribution in [2.45, 2.75) is 31.8 Å². The number of rotatable bonds is 1. The highest BCUT2D eigenvalue weighted by molar-refractivity contribution is 5.83. The van der Waals surface area contributed by atoms with Crippen molar-refractivity contribution in [2.75, 3.05) is 13.1 Å². The second kappa shape index (κ2) is 3.00. The van der Waals surface area contributed by atoms with Crippen LogP contribution in [0, 0.1) is 29.6 Å². The molecule has 0 aromatic heterocycles. The van der Waals surface area contributed by atoms with Crippen LogP contribution in [0.25, 0.3) is 0 Å². The molecule has 0 radical (unpaired) electrons. The number of carbonyl (C=O) groups excluding carboxylic acids is 1. The molecule has 4 rings (SSSR count). The number of aliphatic hydroxyl groups excluding tert-OH is 1. The van der Waals surface area contributed by atoms with Crippen molar-refractivity contribution in [1.29, 1.82) is 0 Å². The van der Waals surface area contributed by atoms with Gasteiger partial charge < -0.3 is 10.0 Å². The lowest BCUT2D eigenvalue weighted by Crippen LogP contribution is -2.32. The molecule has 88 valence electrons. The van der Waals surface area contributed by atoms with Crippen LogP contribution in [-0.4, -0.2) is 35.1 Å². The fourth-order valence-electron chi connectivity index (χ4n) is 4.81. The lowest BCUT2D eigenvalue weighted by molar-refractivity contribution is -0.132. The minimum atomic E-state index is -0.265. The standard InChI is InChI=1S/C13H19NO2/c15-9-3-4-14(6-9)13(16)12-10-7-1-2-8(5-7)11(10)12/h7-12,15H,1-6H2. The molecule has 3 aliphatic carbocycles. The van der Waals surface area contributed by atoms with Gasteiger partial charge >= 0.3 is 0 Å². The third-order valence-electron chi connectivity index (χ3n) is 5.50. The van der Waals surface area contributed by atoms with Gasteiger partial charge in [-0.2, -0.15) is 0 Å². The molecule has 1 saturated heterocycles. The summed E-state index contributed by atoms with van der Waals surface area (Å²) in [6.45, 7) is 1.37. The van der Waals surface area contributed by atoms with Gasteiger partial charge in [0.2, 0.25) is 5.91 Å². The van der Waals surface area contributed by atoms with E-state index in [4.69, 9.17) is 0 Å². The molecule has 1 heterocycles. The van der Waals surface area contributed by atoms with E-state index in [-0.39, 0.29) is 6.10 Å². The molecule has 16 heavy (non-hydrogen) atoms. The zero-order valence-corrected chi connectivity index (χ0v) is 9.51. The molecule has 0 spiro atoms. The van der Waals surface area contributed by atoms with Gasteiger partial charge in [0.25, 0.3) is 0 Å². The summed E-state index contributed by atoms with van der Waals surface area (Å²) in [5.41, 5.74) is 0. The minimum absolute atomic E-state index is 0.265. The van der Waals surface area contributed by atoms with E-state index in [1.165, 1.54) is 19.3 Å². The van der Waals surface area contributed by atoms with Gasteiger partial charge in [0, 0.05) is 19.0 Å². The number of β-amino-alcohol motifs (C(OH)–C–C–N with tert-alkyl or cyclic N) is 1. The maximum Gasteiger partial charge on any atom is 0.226 e. The lowest BCUT2D eigenvalue weighted by Gasteiger charge is -2.17. The highest BCUT2D eigenvalue weighted by atomic mass is 16.3. The van der Waals surface area contributed by atoms with Gasteiger partial charge in [-0.3, -0.25) is 4.79 Å². The van der Waals surface area contributed by atoms with Crippen molar-refractivity contribution in [1.82, 2.24) is 4.90 Å². The monoisotopic (exact) mass is 221 g/mol. The van der Waals surface area contributed by atoms with Crippen molar-refractivity contribution in [3.05, 3.63) is 0 Å². The Kier molecular flexibility index (Phi) is 1.78. The van der Waals surface area contributed by atoms with Gasteiger partial charge in [0.05, 0.1) is 6.10 Å². The van der Waals surface area contributed by atoms with Gasteiger partial charge in [0.1, 0.15) is 0 Å². The van der Waals surface area contributed by atoms with Gasteiger partial charge in [-0.1, -0.05) is 0 Å². The normalized spacial score (nSPS) is 53.2. The van der Waals surface area contributed by atoms with E-state index in [1.54, 1.807) is 0 Å². The topological polar surface area (TPSA) is 40.5 Å². The van der Waals surface area contributed by atoms with Crippen molar-refractivity contribution < 1.29 is 9.90 Å². The third-order valence-corrected chi connectivity index (χ3v) is 5.50. The molecule has 3 nitrogen and oxygen atoms in total. The molecular formula is C13H19NO2. The molecule has 4 aliphatic rings. The zero-order chi connectivity index (χ0) is 10.9. The van der Waals surface area contributed by atoms with Crippen LogP contribution in [0.15, 0.2) is 0 Å². The second-order valence-corrected chi connectivity index (χ2v) is 6.24. The molecule has 5 atom stereocenters. The molecule has 0 aromatic carbocycles. The maximum atomic E-state index is 12.3. The first-order valence-electron chi connectivity index (χ1n) is 6.72. The number of carbonyl (C=O) groups is 1. The Morgan fingerprint density at radius 3 is 2.38 bits per heavy atom. The fourth-order valence-corrected chi connectivity index (χ4v) is 4.81. The second-order valence-electron chi connectivity index (χ2n) is 6.24. The summed E-state index contributed by atoms with van der Waals surface area (Å²) >= 11 is 0. The minimum Gasteiger partial charge on any atom is -0.391 e. The first kappa shape index (κ1) is 9.46. The average Bonchev–Trinajstić information content (AvgIpc) is 2.68. The predicted molar refractivity (Wildman–Crippen MR) is 58.5 cm³/mol. The van der Waals surface area contributed by atoms with Crippen LogP contribution >= 0.6 is 0 Å². The molecule has 1 aliphatic heterocycles. The predicted octanol–water partition coefficient (Wildman–Crippen LogP) is 0.872. The summed E-state index contributed by atoms with van der Waals surface area (Å²) in [6.07, 6.45) is 4.66. The van der Waals surface area contributed by atoms with Crippen molar-refractivity contribution in [3.63, 3.8) is 0 Å². The van der Waals surface area contributed by atoms with Gasteiger partial charge in [-0.15, -0.1) is 0 Å². The lowest BCUT2D eigenvalue weighted by atomic mass is 10.0. The molecule has 3 heteroatoms. The van der Waals surface area contributed by atoms with Gasteiger partial charge in [0.15, 0.2) is 0 Å². The van der Waals surface area contributed by atoms with Crippen LogP contribution in [-0.2, 0) is 4.79 Å². The van der Waals surface area contributed by atoms with Crippen LogP contribution < -0.4 is 0 Å². The molecule has 0 aromatic rings. The third kappa shape index (κ3) is 1.10. The van der Waals surface area contributed by atoms with Crippen LogP contribution in [0.5, 0.6) is 0 Å². The molecule has 4 fully saturated rings. The molecule has 1 N–H and O–H groups in total. The Hall–Kier alpha value is -0.570. The van der Waals surface area contributed by atoms with E-state index in [1.807, 2.05) is 4.90 Å². The van der Waals surface area contributed by atoms with Gasteiger partial charge in [-0.05, 0) is 49.4 Å². The van der Waals surface area contributed by atoms with E-state index in [0.29, 0.717) is 18.4 Å². The van der Waals surface area contributed by atoms with Crippen LogP contribution in [0.4, 0.5) is 0 Å². The molecule has 1 amide bonds. The number of nitrogens with zero attached hydrogens (tertiary/aromatic N) is 1. The molecule has 3 saturated carbocycles. The van der Waals surface area contributed by atoms with E-state index >= 15 is 0 Å². The fraction of sp³-hybridized carbons (Fsp3) is 0.923. The summed E-state index contributed by atoms with van der Waals surface area (Å²) in [4.78, 5) is 14.2. The number of aliphatic hydroxyl groups is 1. The number of amides is 1. The van der Waals surface area contributed by atoms with E-state index in [2.05, 4.69) is 0 Å². The first-order valence-corrected chi connectivity index (χ1v) is 6.72. The number of likely N-dealkylation sites (tertiary alicyclic amines) is 1. The van der Waals surface area contributed by atoms with E-state index in [0.717, 1.165) is 36.6 Å². The Morgan fingerprint density at radius 1 is 1.12 bits per heavy atom. The van der Waals surface area contributed by atoms with Gasteiger partial charge in [-0.25, -0.2) is 0 Å². The SMILES string of the molecule is O=C(C1C2C3CCC(C3)C12)N1CCC(O)C1. The van der Waals surface area contributed by atoms with Crippen molar-refractivity contribution >= 4 is 5.91 Å².